The van der Waals surface area contributed by atoms with Gasteiger partial charge in [0.15, 0.2) is 0 Å². The Morgan fingerprint density at radius 2 is 0.966 bits per heavy atom. The van der Waals surface area contributed by atoms with Gasteiger partial charge in [0, 0.05) is 33.3 Å². The highest BCUT2D eigenvalue weighted by Crippen LogP contribution is 2.46. The largest absolute Gasteiger partial charge is 0.457 e. The minimum atomic E-state index is 0.730. The van der Waals surface area contributed by atoms with Crippen LogP contribution in [-0.2, 0) is 0 Å². The highest BCUT2D eigenvalue weighted by Gasteiger charge is 2.23. The zero-order valence-electron chi connectivity index (χ0n) is 33.1. The standard InChI is InChI=1S/C53H37N5O/c1-30-12-9-13-31(2)47(30)39-25-26-40(48-32(3)14-10-15-33(48)4)50-49(39)37-24-22-35(29-42(37)52-55-43-17-5-7-19-45(43)57(50)52)59-34-21-23-36-38-16-11-27-54-51(38)58-46-20-8-6-18-44(46)56-53(58)41(36)28-34/h5-29H,1-4H3. The van der Waals surface area contributed by atoms with Gasteiger partial charge in [0.05, 0.1) is 27.6 Å². The topological polar surface area (TPSA) is 56.7 Å². The normalized spacial score (nSPS) is 12.1. The summed E-state index contributed by atoms with van der Waals surface area (Å²) >= 11 is 0. The van der Waals surface area contributed by atoms with E-state index in [0.29, 0.717) is 0 Å². The number of aromatic nitrogens is 5. The molecule has 0 aliphatic heterocycles. The van der Waals surface area contributed by atoms with Crippen LogP contribution in [0.25, 0.3) is 99.1 Å². The summed E-state index contributed by atoms with van der Waals surface area (Å²) in [6, 6.07) is 51.5. The van der Waals surface area contributed by atoms with E-state index >= 15 is 0 Å². The monoisotopic (exact) mass is 759 g/mol. The Hall–Kier alpha value is -7.57. The summed E-state index contributed by atoms with van der Waals surface area (Å²) in [6.07, 6.45) is 1.85. The predicted octanol–water partition coefficient (Wildman–Crippen LogP) is 13.7. The third kappa shape index (κ3) is 4.83. The van der Waals surface area contributed by atoms with Crippen molar-refractivity contribution in [1.29, 1.82) is 0 Å². The molecule has 5 aromatic heterocycles. The first-order valence-corrected chi connectivity index (χ1v) is 20.1. The van der Waals surface area contributed by atoms with E-state index in [9.17, 15) is 0 Å². The van der Waals surface area contributed by atoms with E-state index in [0.717, 1.165) is 83.0 Å². The van der Waals surface area contributed by atoms with Crippen molar-refractivity contribution in [2.45, 2.75) is 27.7 Å². The number of benzene rings is 7. The molecule has 0 saturated carbocycles. The molecule has 280 valence electrons. The molecule has 0 N–H and O–H groups in total. The number of hydrogen-bond acceptors (Lipinski definition) is 4. The maximum absolute atomic E-state index is 6.85. The molecule has 0 aliphatic rings. The fourth-order valence-corrected chi connectivity index (χ4v) is 9.76. The van der Waals surface area contributed by atoms with Gasteiger partial charge in [-0.2, -0.15) is 0 Å². The fourth-order valence-electron chi connectivity index (χ4n) is 9.76. The first kappa shape index (κ1) is 33.6. The number of ether oxygens (including phenoxy) is 1. The molecule has 12 aromatic rings. The SMILES string of the molecule is Cc1cccc(C)c1-c1ccc(-c2c(C)cccc2C)c2c1c1ccc(Oc3ccc4c5cccnc5n5c6ccccc6nc5c4c3)cc1c1nc3ccccc3n12. The van der Waals surface area contributed by atoms with Crippen molar-refractivity contribution in [2.24, 2.45) is 0 Å². The van der Waals surface area contributed by atoms with E-state index in [1.807, 2.05) is 30.5 Å². The molecular formula is C53H37N5O. The van der Waals surface area contributed by atoms with Crippen molar-refractivity contribution in [1.82, 2.24) is 23.8 Å². The van der Waals surface area contributed by atoms with Crippen molar-refractivity contribution in [3.05, 3.63) is 174 Å². The highest BCUT2D eigenvalue weighted by molar-refractivity contribution is 6.22. The minimum absolute atomic E-state index is 0.730. The molecule has 12 rings (SSSR count). The molecule has 0 atom stereocenters. The number of fused-ring (bicyclic) bond motifs is 16. The molecule has 0 radical (unpaired) electrons. The van der Waals surface area contributed by atoms with Gasteiger partial charge in [-0.25, -0.2) is 15.0 Å². The maximum Gasteiger partial charge on any atom is 0.147 e. The van der Waals surface area contributed by atoms with Crippen molar-refractivity contribution in [3.63, 3.8) is 0 Å². The Balaban J connectivity index is 1.15. The summed E-state index contributed by atoms with van der Waals surface area (Å²) in [5, 5.41) is 6.50. The Bertz CT molecular complexity index is 3720. The van der Waals surface area contributed by atoms with Crippen LogP contribution in [0.2, 0.25) is 0 Å². The molecule has 0 spiro atoms. The molecular weight excluding hydrogens is 723 g/mol. The zero-order valence-corrected chi connectivity index (χ0v) is 33.1. The summed E-state index contributed by atoms with van der Waals surface area (Å²) < 4.78 is 11.4. The van der Waals surface area contributed by atoms with Crippen LogP contribution in [0, 0.1) is 27.7 Å². The Labute approximate surface area is 339 Å². The smallest absolute Gasteiger partial charge is 0.147 e. The lowest BCUT2D eigenvalue weighted by Crippen LogP contribution is -2.00. The van der Waals surface area contributed by atoms with Crippen molar-refractivity contribution in [3.8, 4) is 33.8 Å². The van der Waals surface area contributed by atoms with Gasteiger partial charge < -0.3 is 4.74 Å². The minimum Gasteiger partial charge on any atom is -0.457 e. The van der Waals surface area contributed by atoms with Crippen LogP contribution in [0.5, 0.6) is 11.5 Å². The summed E-state index contributed by atoms with van der Waals surface area (Å²) in [4.78, 5) is 15.3. The Morgan fingerprint density at radius 1 is 0.424 bits per heavy atom. The second-order valence-corrected chi connectivity index (χ2v) is 15.8. The number of nitrogens with zero attached hydrogens (tertiary/aromatic N) is 5. The van der Waals surface area contributed by atoms with Gasteiger partial charge in [-0.3, -0.25) is 8.80 Å². The van der Waals surface area contributed by atoms with E-state index in [1.54, 1.807) is 0 Å². The van der Waals surface area contributed by atoms with Gasteiger partial charge in [-0.1, -0.05) is 72.8 Å². The summed E-state index contributed by atoms with van der Waals surface area (Å²) in [5.74, 6) is 1.46. The predicted molar refractivity (Wildman–Crippen MR) is 243 cm³/mol. The number of rotatable bonds is 4. The Morgan fingerprint density at radius 3 is 1.63 bits per heavy atom. The summed E-state index contributed by atoms with van der Waals surface area (Å²) in [5.41, 5.74) is 17.6. The average Bonchev–Trinajstić information content (AvgIpc) is 3.84. The lowest BCUT2D eigenvalue weighted by Gasteiger charge is -2.21. The lowest BCUT2D eigenvalue weighted by molar-refractivity contribution is 0.484. The first-order chi connectivity index (χ1) is 28.9. The van der Waals surface area contributed by atoms with Gasteiger partial charge in [0.25, 0.3) is 0 Å². The average molecular weight is 760 g/mol. The molecule has 0 amide bonds. The van der Waals surface area contributed by atoms with Crippen LogP contribution in [-0.4, -0.2) is 23.8 Å². The zero-order chi connectivity index (χ0) is 39.5. The van der Waals surface area contributed by atoms with E-state index in [2.05, 4.69) is 158 Å². The third-order valence-corrected chi connectivity index (χ3v) is 12.3. The first-order valence-electron chi connectivity index (χ1n) is 20.1. The number of imidazole rings is 2. The quantitative estimate of drug-likeness (QED) is 0.168. The molecule has 5 heterocycles. The van der Waals surface area contributed by atoms with E-state index in [4.69, 9.17) is 19.7 Å². The molecule has 0 unspecified atom stereocenters. The van der Waals surface area contributed by atoms with Crippen LogP contribution >= 0.6 is 0 Å². The van der Waals surface area contributed by atoms with Crippen LogP contribution in [0.3, 0.4) is 0 Å². The second-order valence-electron chi connectivity index (χ2n) is 15.8. The number of pyridine rings is 3. The Kier molecular flexibility index (Phi) is 7.09. The van der Waals surface area contributed by atoms with Crippen molar-refractivity contribution < 1.29 is 4.74 Å². The van der Waals surface area contributed by atoms with E-state index in [1.165, 1.54) is 49.9 Å². The van der Waals surface area contributed by atoms with Crippen LogP contribution in [0.1, 0.15) is 22.3 Å². The van der Waals surface area contributed by atoms with Gasteiger partial charge in [-0.15, -0.1) is 0 Å². The molecule has 0 bridgehead atoms. The number of hydrogen-bond donors (Lipinski definition) is 0. The summed E-state index contributed by atoms with van der Waals surface area (Å²) in [6.45, 7) is 8.87. The van der Waals surface area contributed by atoms with E-state index in [-0.39, 0.29) is 0 Å². The fraction of sp³-hybridized carbons (Fsp3) is 0.0755. The molecule has 6 nitrogen and oxygen atoms in total. The maximum atomic E-state index is 6.85. The van der Waals surface area contributed by atoms with Crippen LogP contribution < -0.4 is 4.74 Å². The van der Waals surface area contributed by atoms with Crippen LogP contribution in [0.15, 0.2) is 152 Å². The molecule has 6 heteroatoms. The number of aryl methyl sites for hydroxylation is 4. The molecule has 0 saturated heterocycles. The third-order valence-electron chi connectivity index (χ3n) is 12.3. The van der Waals surface area contributed by atoms with Crippen molar-refractivity contribution >= 4 is 76.8 Å². The van der Waals surface area contributed by atoms with Gasteiger partial charge >= 0.3 is 0 Å². The van der Waals surface area contributed by atoms with Crippen molar-refractivity contribution in [2.75, 3.05) is 0 Å². The lowest BCUT2D eigenvalue weighted by atomic mass is 9.86. The number of para-hydroxylation sites is 4. The van der Waals surface area contributed by atoms with E-state index < -0.39 is 0 Å². The van der Waals surface area contributed by atoms with Gasteiger partial charge in [0.2, 0.25) is 0 Å². The van der Waals surface area contributed by atoms with Crippen LogP contribution in [0.4, 0.5) is 0 Å². The molecule has 7 aromatic carbocycles. The van der Waals surface area contributed by atoms with Gasteiger partial charge in [-0.05, 0) is 150 Å². The van der Waals surface area contributed by atoms with Gasteiger partial charge in [0.1, 0.15) is 28.4 Å². The second kappa shape index (κ2) is 12.5. The molecule has 59 heavy (non-hydrogen) atoms. The highest BCUT2D eigenvalue weighted by atomic mass is 16.5. The summed E-state index contributed by atoms with van der Waals surface area (Å²) in [7, 11) is 0. The molecule has 0 aliphatic carbocycles. The molecule has 0 fully saturated rings.